The highest BCUT2D eigenvalue weighted by Crippen LogP contribution is 2.30. The van der Waals surface area contributed by atoms with Crippen molar-refractivity contribution in [2.75, 3.05) is 13.1 Å². The molecule has 0 bridgehead atoms. The van der Waals surface area contributed by atoms with Crippen molar-refractivity contribution in [3.05, 3.63) is 65.3 Å². The second-order valence-electron chi connectivity index (χ2n) is 7.64. The van der Waals surface area contributed by atoms with E-state index >= 15 is 0 Å². The zero-order chi connectivity index (χ0) is 21.9. The summed E-state index contributed by atoms with van der Waals surface area (Å²) >= 11 is 6.40. The maximum absolute atomic E-state index is 11.1. The molecule has 1 amide bonds. The Morgan fingerprint density at radius 2 is 2.13 bits per heavy atom. The number of allylic oxidation sites excluding steroid dienone is 1. The number of nitrogens with two attached hydrogens (primary N) is 1. The van der Waals surface area contributed by atoms with Crippen LogP contribution < -0.4 is 15.8 Å². The molecule has 1 aliphatic carbocycles. The maximum Gasteiger partial charge on any atom is 0.250 e. The van der Waals surface area contributed by atoms with Crippen molar-refractivity contribution in [2.45, 2.75) is 39.5 Å². The first kappa shape index (κ1) is 23.9. The number of amides is 1. The number of rotatable bonds is 8. The third kappa shape index (κ3) is 7.47. The fourth-order valence-electron chi connectivity index (χ4n) is 3.54. The van der Waals surface area contributed by atoms with Crippen LogP contribution in [0.5, 0.6) is 11.6 Å². The molecule has 5 nitrogen and oxygen atoms in total. The van der Waals surface area contributed by atoms with E-state index in [1.807, 2.05) is 19.1 Å². The third-order valence-electron chi connectivity index (χ3n) is 5.28. The van der Waals surface area contributed by atoms with Crippen molar-refractivity contribution in [2.24, 2.45) is 17.6 Å². The molecule has 0 aliphatic heterocycles. The number of hydrogen-bond acceptors (Lipinski definition) is 4. The van der Waals surface area contributed by atoms with Crippen molar-refractivity contribution in [1.29, 1.82) is 0 Å². The molecule has 2 unspecified atom stereocenters. The van der Waals surface area contributed by atoms with Gasteiger partial charge in [-0.2, -0.15) is 0 Å². The summed E-state index contributed by atoms with van der Waals surface area (Å²) in [4.78, 5) is 15.1. The van der Waals surface area contributed by atoms with Crippen LogP contribution in [0.1, 0.15) is 49.0 Å². The topological polar surface area (TPSA) is 77.2 Å². The highest BCUT2D eigenvalue weighted by molar-refractivity contribution is 6.31. The third-order valence-corrected chi connectivity index (χ3v) is 5.64. The van der Waals surface area contributed by atoms with Gasteiger partial charge in [0.05, 0.1) is 5.56 Å². The number of hydrogen-bond donors (Lipinski definition) is 2. The Hall–Kier alpha value is -2.37. The van der Waals surface area contributed by atoms with Crippen LogP contribution in [0.3, 0.4) is 0 Å². The van der Waals surface area contributed by atoms with Crippen LogP contribution in [-0.2, 0) is 6.42 Å². The van der Waals surface area contributed by atoms with Crippen LogP contribution in [0.4, 0.5) is 0 Å². The van der Waals surface area contributed by atoms with Gasteiger partial charge in [-0.15, -0.1) is 6.58 Å². The molecular formula is C24H32ClN3O2. The molecule has 3 rings (SSSR count). The molecule has 2 aromatic rings. The quantitative estimate of drug-likeness (QED) is 0.435. The SMILES string of the molecule is C=CC.CC1CCCC1CNCCc1ccc(Oc2ccc(C(N)=O)cn2)cc1Cl. The molecule has 1 aromatic heterocycles. The van der Waals surface area contributed by atoms with E-state index in [1.165, 1.54) is 25.5 Å². The largest absolute Gasteiger partial charge is 0.439 e. The molecular weight excluding hydrogens is 398 g/mol. The Labute approximate surface area is 184 Å². The Morgan fingerprint density at radius 3 is 2.70 bits per heavy atom. The van der Waals surface area contributed by atoms with Crippen molar-refractivity contribution >= 4 is 17.5 Å². The second-order valence-corrected chi connectivity index (χ2v) is 8.04. The minimum atomic E-state index is -0.516. The van der Waals surface area contributed by atoms with Crippen LogP contribution in [0.15, 0.2) is 49.2 Å². The summed E-state index contributed by atoms with van der Waals surface area (Å²) in [5.74, 6) is 2.12. The molecule has 1 saturated carbocycles. The summed E-state index contributed by atoms with van der Waals surface area (Å²) in [5.41, 5.74) is 6.64. The Balaban J connectivity index is 0.00000101. The van der Waals surface area contributed by atoms with E-state index in [0.717, 1.165) is 36.9 Å². The Kier molecular flexibility index (Phi) is 9.84. The molecule has 3 N–H and O–H groups in total. The molecule has 2 atom stereocenters. The fourth-order valence-corrected chi connectivity index (χ4v) is 3.80. The normalized spacial score (nSPS) is 17.7. The van der Waals surface area contributed by atoms with E-state index in [2.05, 4.69) is 23.8 Å². The second kappa shape index (κ2) is 12.4. The highest BCUT2D eigenvalue weighted by atomic mass is 35.5. The number of ether oxygens (including phenoxy) is 1. The molecule has 1 fully saturated rings. The van der Waals surface area contributed by atoms with Gasteiger partial charge in [-0.1, -0.05) is 43.5 Å². The molecule has 0 saturated heterocycles. The van der Waals surface area contributed by atoms with Gasteiger partial charge in [-0.05, 0) is 68.5 Å². The number of primary amides is 1. The van der Waals surface area contributed by atoms with E-state index < -0.39 is 5.91 Å². The fraction of sp³-hybridized carbons (Fsp3) is 0.417. The molecule has 162 valence electrons. The van der Waals surface area contributed by atoms with E-state index in [4.69, 9.17) is 22.1 Å². The van der Waals surface area contributed by atoms with Crippen molar-refractivity contribution < 1.29 is 9.53 Å². The van der Waals surface area contributed by atoms with E-state index in [9.17, 15) is 4.79 Å². The number of carbonyl (C=O) groups excluding carboxylic acids is 1. The molecule has 1 heterocycles. The van der Waals surface area contributed by atoms with E-state index in [-0.39, 0.29) is 0 Å². The zero-order valence-electron chi connectivity index (χ0n) is 17.9. The lowest BCUT2D eigenvalue weighted by molar-refractivity contribution is 0.1000. The number of benzene rings is 1. The maximum atomic E-state index is 11.1. The van der Waals surface area contributed by atoms with Crippen LogP contribution in [0.2, 0.25) is 5.02 Å². The predicted molar refractivity (Wildman–Crippen MR) is 123 cm³/mol. The van der Waals surface area contributed by atoms with Gasteiger partial charge in [-0.25, -0.2) is 4.98 Å². The first-order valence-corrected chi connectivity index (χ1v) is 10.8. The lowest BCUT2D eigenvalue weighted by atomic mass is 9.98. The average molecular weight is 430 g/mol. The van der Waals surface area contributed by atoms with Crippen LogP contribution in [-0.4, -0.2) is 24.0 Å². The number of carbonyl (C=O) groups is 1. The van der Waals surface area contributed by atoms with Crippen molar-refractivity contribution in [1.82, 2.24) is 10.3 Å². The van der Waals surface area contributed by atoms with E-state index in [1.54, 1.807) is 24.3 Å². The summed E-state index contributed by atoms with van der Waals surface area (Å²) in [7, 11) is 0. The number of pyridine rings is 1. The minimum absolute atomic E-state index is 0.343. The zero-order valence-corrected chi connectivity index (χ0v) is 18.6. The van der Waals surface area contributed by atoms with Gasteiger partial charge in [0.15, 0.2) is 0 Å². The van der Waals surface area contributed by atoms with Gasteiger partial charge >= 0.3 is 0 Å². The monoisotopic (exact) mass is 429 g/mol. The molecule has 0 radical (unpaired) electrons. The minimum Gasteiger partial charge on any atom is -0.439 e. The first-order chi connectivity index (χ1) is 14.4. The summed E-state index contributed by atoms with van der Waals surface area (Å²) in [6, 6.07) is 8.84. The molecule has 6 heteroatoms. The summed E-state index contributed by atoms with van der Waals surface area (Å²) in [5, 5.41) is 4.24. The number of nitrogens with zero attached hydrogens (tertiary/aromatic N) is 1. The van der Waals surface area contributed by atoms with Gasteiger partial charge in [0.25, 0.3) is 0 Å². The van der Waals surface area contributed by atoms with Gasteiger partial charge < -0.3 is 15.8 Å². The smallest absolute Gasteiger partial charge is 0.250 e. The summed E-state index contributed by atoms with van der Waals surface area (Å²) in [6.45, 7) is 9.61. The first-order valence-electron chi connectivity index (χ1n) is 10.4. The van der Waals surface area contributed by atoms with Crippen molar-refractivity contribution in [3.8, 4) is 11.6 Å². The Bertz CT molecular complexity index is 824. The molecule has 1 aliphatic rings. The van der Waals surface area contributed by atoms with Gasteiger partial charge in [0, 0.05) is 17.3 Å². The van der Waals surface area contributed by atoms with Gasteiger partial charge in [0.2, 0.25) is 11.8 Å². The van der Waals surface area contributed by atoms with Gasteiger partial charge in [-0.3, -0.25) is 4.79 Å². The number of nitrogens with one attached hydrogen (secondary N) is 1. The van der Waals surface area contributed by atoms with Crippen molar-refractivity contribution in [3.63, 3.8) is 0 Å². The lowest BCUT2D eigenvalue weighted by Gasteiger charge is -2.16. The lowest BCUT2D eigenvalue weighted by Crippen LogP contribution is -2.26. The van der Waals surface area contributed by atoms with E-state index in [0.29, 0.717) is 22.2 Å². The highest BCUT2D eigenvalue weighted by Gasteiger charge is 2.22. The van der Waals surface area contributed by atoms with Crippen LogP contribution >= 0.6 is 11.6 Å². The average Bonchev–Trinajstić information content (AvgIpc) is 3.12. The predicted octanol–water partition coefficient (Wildman–Crippen LogP) is 5.39. The van der Waals surface area contributed by atoms with Crippen LogP contribution in [0, 0.1) is 11.8 Å². The standard InChI is InChI=1S/C21H26ClN3O2.C3H6/c1-14-3-2-4-16(14)12-24-10-9-15-5-7-18(11-19(15)22)27-20-8-6-17(13-25-20)21(23)26;1-3-2/h5-8,11,13-14,16,24H,2-4,9-10,12H2,1H3,(H2,23,26);3H,1H2,2H3. The van der Waals surface area contributed by atoms with Crippen LogP contribution in [0.25, 0.3) is 0 Å². The molecule has 0 spiro atoms. The molecule has 30 heavy (non-hydrogen) atoms. The summed E-state index contributed by atoms with van der Waals surface area (Å²) in [6.07, 6.45) is 8.09. The number of halogens is 1. The number of aromatic nitrogens is 1. The Morgan fingerprint density at radius 1 is 1.37 bits per heavy atom. The summed E-state index contributed by atoms with van der Waals surface area (Å²) < 4.78 is 5.69. The molecule has 1 aromatic carbocycles. The van der Waals surface area contributed by atoms with Gasteiger partial charge in [0.1, 0.15) is 5.75 Å².